The molecule has 0 aliphatic rings. The number of nitrogens with zero attached hydrogens (tertiary/aromatic N) is 1. The molecule has 15 heavy (non-hydrogen) atoms. The van der Waals surface area contributed by atoms with E-state index in [4.69, 9.17) is 4.42 Å². The molecule has 0 aliphatic carbocycles. The molecule has 0 aliphatic heterocycles. The second-order valence-corrected chi connectivity index (χ2v) is 4.84. The molecule has 1 aromatic rings. The first-order chi connectivity index (χ1) is 7.15. The van der Waals surface area contributed by atoms with Crippen LogP contribution in [0.5, 0.6) is 0 Å². The summed E-state index contributed by atoms with van der Waals surface area (Å²) in [7, 11) is 0. The van der Waals surface area contributed by atoms with Gasteiger partial charge in [-0.2, -0.15) is 0 Å². The fourth-order valence-electron chi connectivity index (χ4n) is 1.22. The van der Waals surface area contributed by atoms with Crippen LogP contribution in [-0.4, -0.2) is 16.9 Å². The first-order valence-electron chi connectivity index (χ1n) is 5.12. The van der Waals surface area contributed by atoms with Crippen LogP contribution in [0.25, 0.3) is 4.91 Å². The Morgan fingerprint density at radius 1 is 1.60 bits per heavy atom. The van der Waals surface area contributed by atoms with E-state index in [2.05, 4.69) is 38.0 Å². The van der Waals surface area contributed by atoms with Crippen LogP contribution in [0.1, 0.15) is 33.6 Å². The van der Waals surface area contributed by atoms with E-state index in [1.54, 1.807) is 24.2 Å². The van der Waals surface area contributed by atoms with Crippen LogP contribution in [0, 0.1) is 0 Å². The predicted octanol–water partition coefficient (Wildman–Crippen LogP) is 3.11. The van der Waals surface area contributed by atoms with Gasteiger partial charge in [0.25, 0.3) is 0 Å². The minimum atomic E-state index is 0.367. The smallest absolute Gasteiger partial charge is 0.232 e. The van der Waals surface area contributed by atoms with Crippen molar-refractivity contribution in [1.82, 2.24) is 10.3 Å². The summed E-state index contributed by atoms with van der Waals surface area (Å²) in [5.74, 6) is 0.713. The van der Waals surface area contributed by atoms with Crippen molar-refractivity contribution in [2.45, 2.75) is 33.1 Å². The monoisotopic (exact) mass is 226 g/mol. The summed E-state index contributed by atoms with van der Waals surface area (Å²) in [4.78, 5) is 5.30. The van der Waals surface area contributed by atoms with E-state index in [0.717, 1.165) is 11.4 Å². The molecule has 4 heteroatoms. The molecule has 1 atom stereocenters. The number of thioether (sulfide) groups is 1. The van der Waals surface area contributed by atoms with Gasteiger partial charge in [0.2, 0.25) is 5.89 Å². The van der Waals surface area contributed by atoms with Crippen molar-refractivity contribution in [2.75, 3.05) is 6.54 Å². The van der Waals surface area contributed by atoms with Crippen LogP contribution in [0.2, 0.25) is 0 Å². The SMILES string of the molecule is CCNC(C)SC(=C(C)C)c1ncco1. The lowest BCUT2D eigenvalue weighted by atomic mass is 10.3. The predicted molar refractivity (Wildman–Crippen MR) is 65.5 cm³/mol. The molecule has 0 aromatic carbocycles. The van der Waals surface area contributed by atoms with E-state index in [0.29, 0.717) is 11.3 Å². The average molecular weight is 226 g/mol. The molecular weight excluding hydrogens is 208 g/mol. The first kappa shape index (κ1) is 12.3. The van der Waals surface area contributed by atoms with Crippen molar-refractivity contribution in [3.8, 4) is 0 Å². The molecule has 84 valence electrons. The van der Waals surface area contributed by atoms with E-state index in [1.165, 1.54) is 5.57 Å². The van der Waals surface area contributed by atoms with Crippen molar-refractivity contribution >= 4 is 16.7 Å². The number of hydrogen-bond donors (Lipinski definition) is 1. The Morgan fingerprint density at radius 3 is 2.80 bits per heavy atom. The quantitative estimate of drug-likeness (QED) is 0.783. The molecule has 0 fully saturated rings. The van der Waals surface area contributed by atoms with Crippen molar-refractivity contribution in [2.24, 2.45) is 0 Å². The summed E-state index contributed by atoms with van der Waals surface area (Å²) < 4.78 is 5.32. The second kappa shape index (κ2) is 5.98. The maximum atomic E-state index is 5.32. The first-order valence-corrected chi connectivity index (χ1v) is 6.00. The number of hydrogen-bond acceptors (Lipinski definition) is 4. The third-order valence-electron chi connectivity index (χ3n) is 1.87. The number of allylic oxidation sites excluding steroid dienone is 1. The number of oxazole rings is 1. The fraction of sp³-hybridized carbons (Fsp3) is 0.545. The van der Waals surface area contributed by atoms with E-state index in [1.807, 2.05) is 0 Å². The van der Waals surface area contributed by atoms with Gasteiger partial charge in [0.1, 0.15) is 6.26 Å². The van der Waals surface area contributed by atoms with Crippen LogP contribution in [0.3, 0.4) is 0 Å². The average Bonchev–Trinajstić information content (AvgIpc) is 2.66. The molecular formula is C11H18N2OS. The van der Waals surface area contributed by atoms with Gasteiger partial charge in [0, 0.05) is 0 Å². The van der Waals surface area contributed by atoms with Gasteiger partial charge in [-0.05, 0) is 27.3 Å². The van der Waals surface area contributed by atoms with Gasteiger partial charge >= 0.3 is 0 Å². The van der Waals surface area contributed by atoms with Gasteiger partial charge in [-0.3, -0.25) is 0 Å². The molecule has 1 aromatic heterocycles. The zero-order chi connectivity index (χ0) is 11.3. The second-order valence-electron chi connectivity index (χ2n) is 3.48. The molecule has 0 spiro atoms. The molecule has 0 saturated heterocycles. The van der Waals surface area contributed by atoms with E-state index < -0.39 is 0 Å². The summed E-state index contributed by atoms with van der Waals surface area (Å²) >= 11 is 1.75. The Bertz CT molecular complexity index is 315. The fourth-order valence-corrected chi connectivity index (χ4v) is 2.26. The lowest BCUT2D eigenvalue weighted by Crippen LogP contribution is -2.22. The highest BCUT2D eigenvalue weighted by Gasteiger charge is 2.12. The topological polar surface area (TPSA) is 38.1 Å². The van der Waals surface area contributed by atoms with E-state index in [-0.39, 0.29) is 0 Å². The highest BCUT2D eigenvalue weighted by Crippen LogP contribution is 2.31. The van der Waals surface area contributed by atoms with Crippen molar-refractivity contribution in [1.29, 1.82) is 0 Å². The summed E-state index contributed by atoms with van der Waals surface area (Å²) in [5, 5.41) is 3.72. The van der Waals surface area contributed by atoms with Crippen molar-refractivity contribution < 1.29 is 4.42 Å². The molecule has 0 amide bonds. The Morgan fingerprint density at radius 2 is 2.33 bits per heavy atom. The lowest BCUT2D eigenvalue weighted by molar-refractivity contribution is 0.544. The summed E-state index contributed by atoms with van der Waals surface area (Å²) in [6, 6.07) is 0. The maximum Gasteiger partial charge on any atom is 0.232 e. The third kappa shape index (κ3) is 3.72. The van der Waals surface area contributed by atoms with Gasteiger partial charge in [0.05, 0.1) is 16.5 Å². The molecule has 3 nitrogen and oxygen atoms in total. The molecule has 0 bridgehead atoms. The van der Waals surface area contributed by atoms with Crippen LogP contribution in [0.15, 0.2) is 22.5 Å². The van der Waals surface area contributed by atoms with Crippen LogP contribution in [-0.2, 0) is 0 Å². The molecule has 0 radical (unpaired) electrons. The molecule has 1 unspecified atom stereocenters. The normalized spacial score (nSPS) is 12.5. The van der Waals surface area contributed by atoms with Gasteiger partial charge in [0.15, 0.2) is 0 Å². The van der Waals surface area contributed by atoms with Crippen molar-refractivity contribution in [3.63, 3.8) is 0 Å². The molecule has 1 heterocycles. The molecule has 1 N–H and O–H groups in total. The van der Waals surface area contributed by atoms with Gasteiger partial charge in [-0.15, -0.1) is 11.8 Å². The van der Waals surface area contributed by atoms with Gasteiger partial charge < -0.3 is 9.73 Å². The Kier molecular flexibility index (Phi) is 4.91. The van der Waals surface area contributed by atoms with Crippen LogP contribution >= 0.6 is 11.8 Å². The highest BCUT2D eigenvalue weighted by atomic mass is 32.2. The Balaban J connectivity index is 2.74. The molecule has 1 rings (SSSR count). The molecule has 0 saturated carbocycles. The zero-order valence-electron chi connectivity index (χ0n) is 9.70. The Hall–Kier alpha value is -0.740. The minimum Gasteiger partial charge on any atom is -0.444 e. The maximum absolute atomic E-state index is 5.32. The summed E-state index contributed by atoms with van der Waals surface area (Å²) in [6.45, 7) is 9.36. The summed E-state index contributed by atoms with van der Waals surface area (Å²) in [6.07, 6.45) is 3.29. The highest BCUT2D eigenvalue weighted by molar-refractivity contribution is 8.08. The van der Waals surface area contributed by atoms with Crippen LogP contribution < -0.4 is 5.32 Å². The van der Waals surface area contributed by atoms with E-state index >= 15 is 0 Å². The Labute approximate surface area is 95.3 Å². The van der Waals surface area contributed by atoms with Gasteiger partial charge in [-0.1, -0.05) is 12.5 Å². The third-order valence-corrected chi connectivity index (χ3v) is 3.21. The van der Waals surface area contributed by atoms with Crippen molar-refractivity contribution in [3.05, 3.63) is 23.9 Å². The zero-order valence-corrected chi connectivity index (χ0v) is 10.5. The van der Waals surface area contributed by atoms with E-state index in [9.17, 15) is 0 Å². The summed E-state index contributed by atoms with van der Waals surface area (Å²) in [5.41, 5.74) is 1.23. The number of aromatic nitrogens is 1. The number of rotatable bonds is 5. The minimum absolute atomic E-state index is 0.367. The van der Waals surface area contributed by atoms with Gasteiger partial charge in [-0.25, -0.2) is 4.98 Å². The largest absolute Gasteiger partial charge is 0.444 e. The standard InChI is InChI=1S/C11H18N2OS/c1-5-12-9(4)15-10(8(2)3)11-13-6-7-14-11/h6-7,9,12H,5H2,1-4H3. The van der Waals surface area contributed by atoms with Crippen LogP contribution in [0.4, 0.5) is 0 Å². The lowest BCUT2D eigenvalue weighted by Gasteiger charge is -2.13. The number of nitrogens with one attached hydrogen (secondary N) is 1.